The lowest BCUT2D eigenvalue weighted by molar-refractivity contribution is 0.00853. The second-order valence-electron chi connectivity index (χ2n) is 8.47. The third kappa shape index (κ3) is 5.09. The molecule has 3 heterocycles. The van der Waals surface area contributed by atoms with E-state index >= 15 is 0 Å². The normalized spacial score (nSPS) is 16.9. The Bertz CT molecular complexity index is 1120. The summed E-state index contributed by atoms with van der Waals surface area (Å²) in [5.41, 5.74) is 1.69. The summed E-state index contributed by atoms with van der Waals surface area (Å²) in [5, 5.41) is 3.05. The van der Waals surface area contributed by atoms with Crippen LogP contribution in [0.15, 0.2) is 60.1 Å². The van der Waals surface area contributed by atoms with Crippen LogP contribution in [0.4, 0.5) is 0 Å². The van der Waals surface area contributed by atoms with Gasteiger partial charge < -0.3 is 14.5 Å². The van der Waals surface area contributed by atoms with E-state index in [0.717, 1.165) is 37.5 Å². The Hall–Kier alpha value is -2.94. The topological polar surface area (TPSA) is 66.0 Å². The lowest BCUT2D eigenvalue weighted by Crippen LogP contribution is -2.64. The SMILES string of the molecule is O=C(c1ccc(COc2ccc(Cl)cc2)cc1)N1CC(N2CCN(C(=O)c3nccs3)CC2)C1. The summed E-state index contributed by atoms with van der Waals surface area (Å²) in [5.74, 6) is 0.825. The Morgan fingerprint density at radius 1 is 0.941 bits per heavy atom. The largest absolute Gasteiger partial charge is 0.489 e. The quantitative estimate of drug-likeness (QED) is 0.521. The van der Waals surface area contributed by atoms with Crippen molar-refractivity contribution in [3.05, 3.63) is 81.3 Å². The number of halogens is 1. The van der Waals surface area contributed by atoms with E-state index in [-0.39, 0.29) is 11.8 Å². The number of ether oxygens (including phenoxy) is 1. The first-order valence-corrected chi connectivity index (χ1v) is 12.5. The molecule has 0 aliphatic carbocycles. The van der Waals surface area contributed by atoms with Crippen molar-refractivity contribution in [3.63, 3.8) is 0 Å². The van der Waals surface area contributed by atoms with Crippen LogP contribution in [-0.4, -0.2) is 76.8 Å². The number of carbonyl (C=O) groups is 2. The number of hydrogen-bond acceptors (Lipinski definition) is 6. The van der Waals surface area contributed by atoms with Crippen LogP contribution in [0.1, 0.15) is 25.7 Å². The van der Waals surface area contributed by atoms with Crippen LogP contribution >= 0.6 is 22.9 Å². The number of thiazole rings is 1. The van der Waals surface area contributed by atoms with Crippen LogP contribution in [0.5, 0.6) is 5.75 Å². The molecule has 2 aliphatic heterocycles. The van der Waals surface area contributed by atoms with Gasteiger partial charge in [-0.15, -0.1) is 11.3 Å². The van der Waals surface area contributed by atoms with Gasteiger partial charge in [-0.3, -0.25) is 14.5 Å². The van der Waals surface area contributed by atoms with Gasteiger partial charge in [0.25, 0.3) is 11.8 Å². The second kappa shape index (κ2) is 10.1. The van der Waals surface area contributed by atoms with Gasteiger partial charge in [0, 0.05) is 67.5 Å². The molecule has 0 N–H and O–H groups in total. The highest BCUT2D eigenvalue weighted by Crippen LogP contribution is 2.21. The number of piperazine rings is 1. The van der Waals surface area contributed by atoms with Gasteiger partial charge in [0.15, 0.2) is 5.01 Å². The standard InChI is InChI=1S/C25H25ClN4O3S/c26-20-5-7-22(8-6-20)33-17-18-1-3-19(4-2-18)24(31)30-15-21(16-30)28-10-12-29(13-11-28)25(32)23-27-9-14-34-23/h1-9,14,21H,10-13,15-17H2. The van der Waals surface area contributed by atoms with E-state index in [2.05, 4.69) is 9.88 Å². The lowest BCUT2D eigenvalue weighted by Gasteiger charge is -2.48. The maximum absolute atomic E-state index is 12.9. The van der Waals surface area contributed by atoms with E-state index < -0.39 is 0 Å². The monoisotopic (exact) mass is 496 g/mol. The van der Waals surface area contributed by atoms with Gasteiger partial charge >= 0.3 is 0 Å². The summed E-state index contributed by atoms with van der Waals surface area (Å²) >= 11 is 7.28. The van der Waals surface area contributed by atoms with Gasteiger partial charge in [-0.05, 0) is 42.0 Å². The smallest absolute Gasteiger partial charge is 0.282 e. The predicted octanol–water partition coefficient (Wildman–Crippen LogP) is 3.66. The Labute approximate surface area is 207 Å². The zero-order chi connectivity index (χ0) is 23.5. The van der Waals surface area contributed by atoms with Gasteiger partial charge in [0.1, 0.15) is 12.4 Å². The first-order valence-electron chi connectivity index (χ1n) is 11.3. The predicted molar refractivity (Wildman–Crippen MR) is 132 cm³/mol. The minimum Gasteiger partial charge on any atom is -0.489 e. The van der Waals surface area contributed by atoms with Crippen molar-refractivity contribution in [1.82, 2.24) is 19.7 Å². The molecule has 176 valence electrons. The maximum atomic E-state index is 12.9. The van der Waals surface area contributed by atoms with Crippen molar-refractivity contribution in [2.75, 3.05) is 39.3 Å². The van der Waals surface area contributed by atoms with Crippen LogP contribution in [0.25, 0.3) is 0 Å². The van der Waals surface area contributed by atoms with E-state index in [1.807, 2.05) is 51.6 Å². The third-order valence-corrected chi connectivity index (χ3v) is 7.32. The first kappa shape index (κ1) is 22.8. The molecular formula is C25H25ClN4O3S. The number of rotatable bonds is 6. The molecule has 1 aromatic heterocycles. The van der Waals surface area contributed by atoms with Crippen LogP contribution < -0.4 is 4.74 Å². The molecule has 0 bridgehead atoms. The molecule has 3 aromatic rings. The molecule has 0 atom stereocenters. The number of aromatic nitrogens is 1. The molecule has 2 saturated heterocycles. The number of carbonyl (C=O) groups excluding carboxylic acids is 2. The molecule has 5 rings (SSSR count). The number of nitrogens with zero attached hydrogens (tertiary/aromatic N) is 4. The van der Waals surface area contributed by atoms with Crippen molar-refractivity contribution < 1.29 is 14.3 Å². The van der Waals surface area contributed by atoms with Crippen molar-refractivity contribution >= 4 is 34.8 Å². The summed E-state index contributed by atoms with van der Waals surface area (Å²) in [6.45, 7) is 4.92. The highest BCUT2D eigenvalue weighted by atomic mass is 35.5. The molecule has 7 nitrogen and oxygen atoms in total. The van der Waals surface area contributed by atoms with Gasteiger partial charge in [-0.1, -0.05) is 23.7 Å². The van der Waals surface area contributed by atoms with Gasteiger partial charge in [0.05, 0.1) is 0 Å². The second-order valence-corrected chi connectivity index (χ2v) is 9.80. The average Bonchev–Trinajstić information content (AvgIpc) is 3.38. The fourth-order valence-electron chi connectivity index (χ4n) is 4.23. The minimum absolute atomic E-state index is 0.0158. The van der Waals surface area contributed by atoms with E-state index in [1.165, 1.54) is 11.3 Å². The summed E-state index contributed by atoms with van der Waals surface area (Å²) in [6, 6.07) is 15.2. The minimum atomic E-state index is 0.0158. The molecule has 2 aromatic carbocycles. The fraction of sp³-hybridized carbons (Fsp3) is 0.320. The summed E-state index contributed by atoms with van der Waals surface area (Å²) in [4.78, 5) is 35.6. The lowest BCUT2D eigenvalue weighted by atomic mass is 10.0. The Morgan fingerprint density at radius 2 is 1.65 bits per heavy atom. The molecule has 0 spiro atoms. The molecule has 2 amide bonds. The third-order valence-electron chi connectivity index (χ3n) is 6.30. The molecule has 0 saturated carbocycles. The molecule has 2 aliphatic rings. The summed E-state index contributed by atoms with van der Waals surface area (Å²) in [7, 11) is 0. The van der Waals surface area contributed by atoms with Crippen molar-refractivity contribution in [2.45, 2.75) is 12.6 Å². The van der Waals surface area contributed by atoms with Crippen molar-refractivity contribution in [2.24, 2.45) is 0 Å². The number of likely N-dealkylation sites (tertiary alicyclic amines) is 1. The Morgan fingerprint density at radius 3 is 2.29 bits per heavy atom. The maximum Gasteiger partial charge on any atom is 0.282 e. The first-order chi connectivity index (χ1) is 16.6. The summed E-state index contributed by atoms with van der Waals surface area (Å²) in [6.07, 6.45) is 1.66. The number of hydrogen-bond donors (Lipinski definition) is 0. The van der Waals surface area contributed by atoms with Crippen LogP contribution in [-0.2, 0) is 6.61 Å². The highest BCUT2D eigenvalue weighted by molar-refractivity contribution is 7.11. The molecule has 2 fully saturated rings. The molecule has 0 radical (unpaired) electrons. The van der Waals surface area contributed by atoms with Gasteiger partial charge in [0.2, 0.25) is 0 Å². The van der Waals surface area contributed by atoms with Crippen molar-refractivity contribution in [1.29, 1.82) is 0 Å². The van der Waals surface area contributed by atoms with Crippen LogP contribution in [0, 0.1) is 0 Å². The molecular weight excluding hydrogens is 472 g/mol. The van der Waals surface area contributed by atoms with E-state index in [1.54, 1.807) is 18.3 Å². The number of benzene rings is 2. The van der Waals surface area contributed by atoms with Crippen LogP contribution in [0.2, 0.25) is 5.02 Å². The zero-order valence-corrected chi connectivity index (χ0v) is 20.2. The Kier molecular flexibility index (Phi) is 6.80. The molecule has 34 heavy (non-hydrogen) atoms. The van der Waals surface area contributed by atoms with Gasteiger partial charge in [-0.2, -0.15) is 0 Å². The number of amides is 2. The molecule has 9 heteroatoms. The Balaban J connectivity index is 1.06. The fourth-order valence-corrected chi connectivity index (χ4v) is 4.96. The van der Waals surface area contributed by atoms with Gasteiger partial charge in [-0.25, -0.2) is 4.98 Å². The zero-order valence-electron chi connectivity index (χ0n) is 18.6. The van der Waals surface area contributed by atoms with E-state index in [0.29, 0.717) is 41.3 Å². The highest BCUT2D eigenvalue weighted by Gasteiger charge is 2.37. The van der Waals surface area contributed by atoms with Crippen molar-refractivity contribution in [3.8, 4) is 5.75 Å². The summed E-state index contributed by atoms with van der Waals surface area (Å²) < 4.78 is 5.76. The van der Waals surface area contributed by atoms with E-state index in [4.69, 9.17) is 16.3 Å². The van der Waals surface area contributed by atoms with E-state index in [9.17, 15) is 9.59 Å². The molecule has 0 unspecified atom stereocenters. The average molecular weight is 497 g/mol. The van der Waals surface area contributed by atoms with Crippen LogP contribution in [0.3, 0.4) is 0 Å².